The van der Waals surface area contributed by atoms with Gasteiger partial charge in [-0.2, -0.15) is 0 Å². The van der Waals surface area contributed by atoms with Gasteiger partial charge < -0.3 is 4.90 Å². The summed E-state index contributed by atoms with van der Waals surface area (Å²) in [6.07, 6.45) is 6.22. The molecule has 0 aromatic heterocycles. The fourth-order valence-corrected chi connectivity index (χ4v) is 4.76. The van der Waals surface area contributed by atoms with Crippen molar-refractivity contribution in [3.63, 3.8) is 0 Å². The first kappa shape index (κ1) is 13.5. The van der Waals surface area contributed by atoms with E-state index >= 15 is 0 Å². The number of benzene rings is 1. The molecule has 1 saturated heterocycles. The van der Waals surface area contributed by atoms with Gasteiger partial charge in [0.2, 0.25) is 5.91 Å². The van der Waals surface area contributed by atoms with Crippen LogP contribution in [-0.4, -0.2) is 22.6 Å². The van der Waals surface area contributed by atoms with Crippen molar-refractivity contribution < 1.29 is 4.79 Å². The quantitative estimate of drug-likeness (QED) is 0.797. The van der Waals surface area contributed by atoms with Gasteiger partial charge in [0.25, 0.3) is 0 Å². The summed E-state index contributed by atoms with van der Waals surface area (Å²) in [4.78, 5) is 14.4. The summed E-state index contributed by atoms with van der Waals surface area (Å²) < 4.78 is 1.09. The molecule has 102 valence electrons. The van der Waals surface area contributed by atoms with Crippen LogP contribution in [0.1, 0.15) is 43.0 Å². The third-order valence-electron chi connectivity index (χ3n) is 4.01. The van der Waals surface area contributed by atoms with E-state index in [2.05, 4.69) is 39.0 Å². The molecule has 1 atom stereocenters. The molecule has 2 aliphatic rings. The second-order valence-corrected chi connectivity index (χ2v) is 7.30. The lowest BCUT2D eigenvalue weighted by molar-refractivity contribution is -0.131. The maximum absolute atomic E-state index is 12.2. The Bertz CT molecular complexity index is 473. The van der Waals surface area contributed by atoms with E-state index in [0.29, 0.717) is 17.7 Å². The van der Waals surface area contributed by atoms with E-state index in [1.165, 1.54) is 37.7 Å². The van der Waals surface area contributed by atoms with Crippen molar-refractivity contribution in [1.29, 1.82) is 0 Å². The van der Waals surface area contributed by atoms with E-state index in [0.717, 1.165) is 4.47 Å². The number of hydrogen-bond donors (Lipinski definition) is 0. The predicted molar refractivity (Wildman–Crippen MR) is 83.1 cm³/mol. The highest BCUT2D eigenvalue weighted by molar-refractivity contribution is 9.10. The van der Waals surface area contributed by atoms with E-state index < -0.39 is 0 Å². The number of rotatable bonds is 2. The molecular weight excluding hydrogens is 322 g/mol. The number of carbonyl (C=O) groups excluding carboxylic acids is 1. The molecule has 19 heavy (non-hydrogen) atoms. The van der Waals surface area contributed by atoms with Crippen LogP contribution in [-0.2, 0) is 4.79 Å². The lowest BCUT2D eigenvalue weighted by Crippen LogP contribution is -2.39. The average Bonchev–Trinajstić information content (AvgIpc) is 2.82. The topological polar surface area (TPSA) is 20.3 Å². The minimum atomic E-state index is 0.216. The first-order chi connectivity index (χ1) is 9.25. The van der Waals surface area contributed by atoms with Crippen LogP contribution in [0.5, 0.6) is 0 Å². The number of carbonyl (C=O) groups is 1. The summed E-state index contributed by atoms with van der Waals surface area (Å²) in [6.45, 7) is 0. The first-order valence-corrected chi connectivity index (χ1v) is 8.78. The Labute approximate surface area is 127 Å². The summed E-state index contributed by atoms with van der Waals surface area (Å²) in [6, 6.07) is 8.83. The third kappa shape index (κ3) is 2.84. The van der Waals surface area contributed by atoms with E-state index in [1.807, 2.05) is 6.07 Å². The summed E-state index contributed by atoms with van der Waals surface area (Å²) in [7, 11) is 0. The molecule has 2 fully saturated rings. The van der Waals surface area contributed by atoms with E-state index in [4.69, 9.17) is 0 Å². The van der Waals surface area contributed by atoms with Gasteiger partial charge in [0, 0.05) is 10.5 Å². The van der Waals surface area contributed by atoms with E-state index in [9.17, 15) is 4.79 Å². The summed E-state index contributed by atoms with van der Waals surface area (Å²) in [5.41, 5.74) is 1.25. The molecule has 0 radical (unpaired) electrons. The minimum absolute atomic E-state index is 0.216. The number of thioether (sulfide) groups is 1. The van der Waals surface area contributed by atoms with Crippen molar-refractivity contribution in [2.75, 3.05) is 5.75 Å². The molecule has 1 amide bonds. The van der Waals surface area contributed by atoms with Gasteiger partial charge in [-0.25, -0.2) is 0 Å². The Morgan fingerprint density at radius 2 is 2.00 bits per heavy atom. The zero-order chi connectivity index (χ0) is 13.2. The molecule has 4 heteroatoms. The maximum Gasteiger partial charge on any atom is 0.234 e. The zero-order valence-corrected chi connectivity index (χ0v) is 13.3. The van der Waals surface area contributed by atoms with Crippen molar-refractivity contribution in [2.45, 2.75) is 43.5 Å². The SMILES string of the molecule is O=C1CS[C@H](c2cccc(Br)c2)N1C1CCCCC1. The van der Waals surface area contributed by atoms with E-state index in [-0.39, 0.29) is 5.37 Å². The molecule has 0 N–H and O–H groups in total. The first-order valence-electron chi connectivity index (χ1n) is 6.94. The summed E-state index contributed by atoms with van der Waals surface area (Å²) in [5.74, 6) is 0.954. The van der Waals surface area contributed by atoms with Crippen molar-refractivity contribution in [3.05, 3.63) is 34.3 Å². The number of nitrogens with zero attached hydrogens (tertiary/aromatic N) is 1. The monoisotopic (exact) mass is 339 g/mol. The lowest BCUT2D eigenvalue weighted by atomic mass is 9.93. The van der Waals surface area contributed by atoms with Gasteiger partial charge in [-0.1, -0.05) is 47.3 Å². The Morgan fingerprint density at radius 3 is 2.74 bits per heavy atom. The number of halogens is 1. The Hall–Kier alpha value is -0.480. The molecule has 1 saturated carbocycles. The Morgan fingerprint density at radius 1 is 1.21 bits per heavy atom. The van der Waals surface area contributed by atoms with Crippen molar-refractivity contribution >= 4 is 33.6 Å². The van der Waals surface area contributed by atoms with Crippen LogP contribution in [0.3, 0.4) is 0 Å². The summed E-state index contributed by atoms with van der Waals surface area (Å²) in [5, 5.41) is 0.216. The molecule has 0 spiro atoms. The van der Waals surface area contributed by atoms with Crippen LogP contribution < -0.4 is 0 Å². The van der Waals surface area contributed by atoms with Crippen LogP contribution >= 0.6 is 27.7 Å². The molecule has 0 unspecified atom stereocenters. The van der Waals surface area contributed by atoms with Gasteiger partial charge in [0.1, 0.15) is 5.37 Å². The highest BCUT2D eigenvalue weighted by atomic mass is 79.9. The average molecular weight is 340 g/mol. The predicted octanol–water partition coefficient (Wildman–Crippen LogP) is 4.36. The highest BCUT2D eigenvalue weighted by Crippen LogP contribution is 2.43. The molecule has 1 aromatic carbocycles. The molecule has 3 rings (SSSR count). The molecule has 1 aromatic rings. The molecule has 0 bridgehead atoms. The third-order valence-corrected chi connectivity index (χ3v) is 5.73. The lowest BCUT2D eigenvalue weighted by Gasteiger charge is -2.35. The van der Waals surface area contributed by atoms with Gasteiger partial charge in [0.15, 0.2) is 0 Å². The van der Waals surface area contributed by atoms with E-state index in [1.54, 1.807) is 11.8 Å². The molecule has 1 aliphatic carbocycles. The molecule has 2 nitrogen and oxygen atoms in total. The van der Waals surface area contributed by atoms with Crippen LogP contribution in [0, 0.1) is 0 Å². The van der Waals surface area contributed by atoms with Crippen LogP contribution in [0.4, 0.5) is 0 Å². The largest absolute Gasteiger partial charge is 0.323 e. The van der Waals surface area contributed by atoms with Gasteiger partial charge in [-0.05, 0) is 30.5 Å². The number of hydrogen-bond acceptors (Lipinski definition) is 2. The normalized spacial score (nSPS) is 25.0. The molecule has 1 aliphatic heterocycles. The van der Waals surface area contributed by atoms with Crippen molar-refractivity contribution in [2.24, 2.45) is 0 Å². The summed E-state index contributed by atoms with van der Waals surface area (Å²) >= 11 is 5.30. The van der Waals surface area contributed by atoms with Gasteiger partial charge in [-0.3, -0.25) is 4.79 Å². The van der Waals surface area contributed by atoms with Crippen LogP contribution in [0.25, 0.3) is 0 Å². The fraction of sp³-hybridized carbons (Fsp3) is 0.533. The minimum Gasteiger partial charge on any atom is -0.323 e. The van der Waals surface area contributed by atoms with Crippen molar-refractivity contribution in [1.82, 2.24) is 4.90 Å². The highest BCUT2D eigenvalue weighted by Gasteiger charge is 2.37. The van der Waals surface area contributed by atoms with Crippen LogP contribution in [0.2, 0.25) is 0 Å². The van der Waals surface area contributed by atoms with Gasteiger partial charge in [0.05, 0.1) is 5.75 Å². The van der Waals surface area contributed by atoms with Crippen molar-refractivity contribution in [3.8, 4) is 0 Å². The fourth-order valence-electron chi connectivity index (χ4n) is 3.11. The van der Waals surface area contributed by atoms with Crippen LogP contribution in [0.15, 0.2) is 28.7 Å². The zero-order valence-electron chi connectivity index (χ0n) is 10.8. The second kappa shape index (κ2) is 5.88. The van der Waals surface area contributed by atoms with Gasteiger partial charge in [-0.15, -0.1) is 11.8 Å². The maximum atomic E-state index is 12.2. The molecule has 1 heterocycles. The Kier molecular flexibility index (Phi) is 4.18. The smallest absolute Gasteiger partial charge is 0.234 e. The Balaban J connectivity index is 1.85. The van der Waals surface area contributed by atoms with Gasteiger partial charge >= 0.3 is 0 Å². The second-order valence-electron chi connectivity index (χ2n) is 5.31. The number of amides is 1. The standard InChI is InChI=1S/C15H18BrNOS/c16-12-6-4-5-11(9-12)15-17(14(18)10-19-15)13-7-2-1-3-8-13/h4-6,9,13,15H,1-3,7-8,10H2/t15-/m1/s1. The molecular formula is C15H18BrNOS.